The van der Waals surface area contributed by atoms with Gasteiger partial charge in [0.15, 0.2) is 0 Å². The highest BCUT2D eigenvalue weighted by Crippen LogP contribution is 2.51. The third-order valence-corrected chi connectivity index (χ3v) is 12.1. The lowest BCUT2D eigenvalue weighted by Gasteiger charge is -2.19. The van der Waals surface area contributed by atoms with E-state index in [1.54, 1.807) is 79.9 Å². The van der Waals surface area contributed by atoms with Crippen molar-refractivity contribution in [3.63, 3.8) is 0 Å². The van der Waals surface area contributed by atoms with Gasteiger partial charge in [-0.05, 0) is 48.2 Å². The number of fused-ring (bicyclic) bond motifs is 2. The number of nitrogen functional groups attached to an aromatic ring is 2. The predicted octanol–water partition coefficient (Wildman–Crippen LogP) is 5.81. The number of amides is 2. The van der Waals surface area contributed by atoms with E-state index in [4.69, 9.17) is 20.5 Å². The largest absolute Gasteiger partial charge is 0.383 e. The maximum atomic E-state index is 12.9. The number of hydrogen-bond acceptors (Lipinski definition) is 14. The molecule has 0 radical (unpaired) electrons. The van der Waals surface area contributed by atoms with Gasteiger partial charge in [0.25, 0.3) is 11.9 Å². The average Bonchev–Trinajstić information content (AvgIpc) is 4.02. The van der Waals surface area contributed by atoms with Gasteiger partial charge in [0, 0.05) is 35.9 Å². The Morgan fingerprint density at radius 2 is 1.06 bits per heavy atom. The third-order valence-electron chi connectivity index (χ3n) is 9.28. The average molecular weight is 925 g/mol. The monoisotopic (exact) mass is 924 g/mol. The fraction of sp³-hybridized carbons (Fsp3) is 0.300. The van der Waals surface area contributed by atoms with Crippen LogP contribution in [0.25, 0.3) is 11.9 Å². The van der Waals surface area contributed by atoms with Gasteiger partial charge in [-0.1, -0.05) is 63.4 Å². The zero-order chi connectivity index (χ0) is 42.6. The maximum absolute atomic E-state index is 12.9. The summed E-state index contributed by atoms with van der Waals surface area (Å²) in [6, 6.07) is 17.8. The minimum atomic E-state index is -4.18. The van der Waals surface area contributed by atoms with Crippen LogP contribution in [0.1, 0.15) is 62.1 Å². The summed E-state index contributed by atoms with van der Waals surface area (Å²) in [5.41, 5.74) is 16.2. The summed E-state index contributed by atoms with van der Waals surface area (Å²) in [6.45, 7) is 4.66. The molecule has 2 aliphatic rings. The highest BCUT2D eigenvalue weighted by atomic mass is 35.5. The topological polar surface area (TPSA) is 273 Å². The van der Waals surface area contributed by atoms with E-state index in [1.807, 2.05) is 24.3 Å². The maximum Gasteiger partial charge on any atom is 0.335 e. The summed E-state index contributed by atoms with van der Waals surface area (Å²) in [6.07, 6.45) is 6.63. The lowest BCUT2D eigenvalue weighted by atomic mass is 10.1. The van der Waals surface area contributed by atoms with Gasteiger partial charge in [-0.3, -0.25) is 28.5 Å². The molecule has 23 heteroatoms. The molecule has 0 unspecified atom stereocenters. The molecule has 0 saturated heterocycles. The molecular formula is C40H51ClN12O8P2. The fourth-order valence-corrected chi connectivity index (χ4v) is 9.14. The first kappa shape index (κ1) is 49.8. The van der Waals surface area contributed by atoms with Gasteiger partial charge < -0.3 is 30.3 Å². The Balaban J connectivity index is 0.000000266. The van der Waals surface area contributed by atoms with Crippen LogP contribution in [0.2, 0.25) is 0 Å². The van der Waals surface area contributed by atoms with E-state index in [2.05, 4.69) is 30.1 Å². The second-order valence-corrected chi connectivity index (χ2v) is 17.4. The minimum absolute atomic E-state index is 0. The van der Waals surface area contributed by atoms with Crippen LogP contribution in [0, 0.1) is 0 Å². The molecule has 0 aliphatic carbocycles. The molecule has 20 nitrogen and oxygen atoms in total. The van der Waals surface area contributed by atoms with Crippen molar-refractivity contribution in [2.75, 3.05) is 34.5 Å². The minimum Gasteiger partial charge on any atom is -0.383 e. The van der Waals surface area contributed by atoms with Crippen LogP contribution in [0.15, 0.2) is 85.5 Å². The number of rotatable bonds is 14. The number of carbonyl (C=O) groups is 2. The molecule has 2 aromatic carbocycles. The van der Waals surface area contributed by atoms with E-state index in [-0.39, 0.29) is 88.4 Å². The molecular weight excluding hydrogens is 874 g/mol. The standard InChI is InChI=1S/C21H25N6O4P.C17H17N6O4P.2CH4.ClH/c1-3-30-32(29,31-4-2)14-16-8-5-7-15(11-16)13-26-18(28)12-17-19(22)24-21(25-20(17)26)27-10-6-9-23-27;18-15-13-8-14(24)22(16(13)21-17(20-15)23-6-2-5-19-23)9-11-3-1-4-12(7-11)10-28(25,26)27;;;/h5-11H,3-4,12-14H2,1-2H3,(H2,22,24,25);1-7H,8-10H2,(H2,18,20,21)(H2,25,26,27);2*1H4;1H. The number of halogens is 1. The summed E-state index contributed by atoms with van der Waals surface area (Å²) in [7, 11) is -7.41. The van der Waals surface area contributed by atoms with E-state index >= 15 is 0 Å². The third kappa shape index (κ3) is 11.8. The molecule has 63 heavy (non-hydrogen) atoms. The zero-order valence-electron chi connectivity index (χ0n) is 33.0. The number of hydrogen-bond donors (Lipinski definition) is 4. The Kier molecular flexibility index (Phi) is 16.6. The van der Waals surface area contributed by atoms with Gasteiger partial charge in [0.1, 0.15) is 23.3 Å². The van der Waals surface area contributed by atoms with E-state index in [9.17, 15) is 28.5 Å². The number of aromatic nitrogens is 8. The van der Waals surface area contributed by atoms with Crippen molar-refractivity contribution >= 4 is 62.7 Å². The van der Waals surface area contributed by atoms with Crippen LogP contribution in [-0.2, 0) is 66.0 Å². The second-order valence-electron chi connectivity index (χ2n) is 13.7. The molecule has 8 rings (SSSR count). The summed E-state index contributed by atoms with van der Waals surface area (Å²) >= 11 is 0. The highest BCUT2D eigenvalue weighted by Gasteiger charge is 2.34. The molecule has 0 fully saturated rings. The van der Waals surface area contributed by atoms with E-state index in [1.165, 1.54) is 14.3 Å². The number of nitrogens with zero attached hydrogens (tertiary/aromatic N) is 10. The lowest BCUT2D eigenvalue weighted by molar-refractivity contribution is -0.118. The molecule has 6 N–H and O–H groups in total. The highest BCUT2D eigenvalue weighted by molar-refractivity contribution is 7.53. The Hall–Kier alpha value is -5.85. The smallest absolute Gasteiger partial charge is 0.335 e. The fourth-order valence-electron chi connectivity index (χ4n) is 6.78. The van der Waals surface area contributed by atoms with Gasteiger partial charge in [0.05, 0.1) is 51.5 Å². The van der Waals surface area contributed by atoms with Crippen LogP contribution >= 0.6 is 27.6 Å². The van der Waals surface area contributed by atoms with Crippen LogP contribution in [0.3, 0.4) is 0 Å². The van der Waals surface area contributed by atoms with Gasteiger partial charge >= 0.3 is 15.2 Å². The number of nitrogens with two attached hydrogens (primary N) is 2. The molecule has 4 aromatic heterocycles. The zero-order valence-corrected chi connectivity index (χ0v) is 35.6. The first-order valence-electron chi connectivity index (χ1n) is 18.7. The first-order chi connectivity index (χ1) is 28.7. The van der Waals surface area contributed by atoms with Crippen LogP contribution < -0.4 is 21.3 Å². The normalized spacial score (nSPS) is 13.0. The lowest BCUT2D eigenvalue weighted by Crippen LogP contribution is -2.27. The molecule has 2 amide bonds. The Morgan fingerprint density at radius 3 is 1.44 bits per heavy atom. The molecule has 6 aromatic rings. The van der Waals surface area contributed by atoms with Gasteiger partial charge in [-0.2, -0.15) is 30.1 Å². The van der Waals surface area contributed by atoms with E-state index in [0.717, 1.165) is 16.7 Å². The van der Waals surface area contributed by atoms with E-state index < -0.39 is 15.2 Å². The van der Waals surface area contributed by atoms with Gasteiger partial charge in [-0.25, -0.2) is 9.36 Å². The van der Waals surface area contributed by atoms with Gasteiger partial charge in [-0.15, -0.1) is 12.4 Å². The van der Waals surface area contributed by atoms with Crippen molar-refractivity contribution in [2.24, 2.45) is 0 Å². The quantitative estimate of drug-likeness (QED) is 0.0939. The molecule has 2 aliphatic heterocycles. The van der Waals surface area contributed by atoms with Crippen LogP contribution in [0.5, 0.6) is 0 Å². The van der Waals surface area contributed by atoms with Crippen LogP contribution in [0.4, 0.5) is 23.3 Å². The molecule has 0 spiro atoms. The van der Waals surface area contributed by atoms with E-state index in [0.29, 0.717) is 54.0 Å². The molecule has 336 valence electrons. The van der Waals surface area contributed by atoms with Crippen molar-refractivity contribution < 1.29 is 37.6 Å². The second kappa shape index (κ2) is 21.0. The Labute approximate surface area is 370 Å². The van der Waals surface area contributed by atoms with Crippen molar-refractivity contribution in [2.45, 2.75) is 67.0 Å². The van der Waals surface area contributed by atoms with Crippen molar-refractivity contribution in [3.05, 3.63) is 119 Å². The van der Waals surface area contributed by atoms with Crippen LogP contribution in [-0.4, -0.2) is 74.3 Å². The summed E-state index contributed by atoms with van der Waals surface area (Å²) < 4.78 is 37.9. The van der Waals surface area contributed by atoms with Gasteiger partial charge in [0.2, 0.25) is 11.8 Å². The first-order valence-corrected chi connectivity index (χ1v) is 22.3. The summed E-state index contributed by atoms with van der Waals surface area (Å²) in [4.78, 5) is 64.3. The summed E-state index contributed by atoms with van der Waals surface area (Å²) in [5.74, 6) is 1.66. The number of benzene rings is 2. The molecule has 6 heterocycles. The number of carbonyl (C=O) groups excluding carboxylic acids is 2. The molecule has 0 saturated carbocycles. The summed E-state index contributed by atoms with van der Waals surface area (Å²) in [5, 5.41) is 8.22. The molecule has 0 bridgehead atoms. The predicted molar refractivity (Wildman–Crippen MR) is 241 cm³/mol. The molecule has 0 atom stereocenters. The Bertz CT molecular complexity index is 2620. The van der Waals surface area contributed by atoms with Crippen molar-refractivity contribution in [1.29, 1.82) is 0 Å². The van der Waals surface area contributed by atoms with Crippen molar-refractivity contribution in [1.82, 2.24) is 39.5 Å². The van der Waals surface area contributed by atoms with Crippen molar-refractivity contribution in [3.8, 4) is 11.9 Å². The Morgan fingerprint density at radius 1 is 0.651 bits per heavy atom. The number of anilines is 4. The SMILES string of the molecule is C.C.CCOP(=O)(Cc1cccc(CN2C(=O)Cc3c(N)nc(-n4cccn4)nc32)c1)OCC.Cl.Nc1nc(-n2cccn2)nc2c1CC(=O)N2Cc1cccc(CP(=O)(O)O)c1.